The highest BCUT2D eigenvalue weighted by Gasteiger charge is 2.23. The third-order valence-electron chi connectivity index (χ3n) is 6.29. The number of aromatic amines is 1. The molecule has 2 N–H and O–H groups in total. The number of morpholine rings is 1. The van der Waals surface area contributed by atoms with Crippen molar-refractivity contribution in [3.63, 3.8) is 0 Å². The minimum absolute atomic E-state index is 0.0466. The van der Waals surface area contributed by atoms with E-state index in [2.05, 4.69) is 20.2 Å². The molecule has 34 heavy (non-hydrogen) atoms. The van der Waals surface area contributed by atoms with Crippen LogP contribution in [-0.4, -0.2) is 42.3 Å². The van der Waals surface area contributed by atoms with Gasteiger partial charge in [0.2, 0.25) is 0 Å². The van der Waals surface area contributed by atoms with Crippen molar-refractivity contribution < 1.29 is 13.5 Å². The van der Waals surface area contributed by atoms with Crippen LogP contribution in [0, 0.1) is 5.82 Å². The third kappa shape index (κ3) is 3.81. The van der Waals surface area contributed by atoms with Gasteiger partial charge in [-0.2, -0.15) is 0 Å². The first-order valence-electron chi connectivity index (χ1n) is 11.3. The highest BCUT2D eigenvalue weighted by Crippen LogP contribution is 2.27. The number of hydrogen-bond acceptors (Lipinski definition) is 6. The fourth-order valence-corrected chi connectivity index (χ4v) is 4.68. The van der Waals surface area contributed by atoms with Gasteiger partial charge in [-0.1, -0.05) is 18.2 Å². The SMILES string of the molecule is O=c1oc2ccccc2c2[nH]c(CNCC3CN(c4nccc5ccc(F)cc45)CCO3)cc12. The maximum Gasteiger partial charge on any atom is 0.345 e. The largest absolute Gasteiger partial charge is 0.422 e. The number of nitrogens with zero attached hydrogens (tertiary/aromatic N) is 2. The van der Waals surface area contributed by atoms with Crippen LogP contribution in [-0.2, 0) is 11.3 Å². The summed E-state index contributed by atoms with van der Waals surface area (Å²) in [6.07, 6.45) is 1.71. The van der Waals surface area contributed by atoms with Crippen LogP contribution < -0.4 is 15.8 Å². The van der Waals surface area contributed by atoms with Crippen LogP contribution >= 0.6 is 0 Å². The minimum Gasteiger partial charge on any atom is -0.422 e. The molecule has 4 heterocycles. The molecule has 0 aliphatic carbocycles. The number of ether oxygens (including phenoxy) is 1. The Bertz CT molecular complexity index is 1560. The number of H-pyrrole nitrogens is 1. The van der Waals surface area contributed by atoms with E-state index in [0.29, 0.717) is 43.8 Å². The Balaban J connectivity index is 1.16. The zero-order chi connectivity index (χ0) is 23.1. The number of para-hydroxylation sites is 1. The molecule has 1 aliphatic heterocycles. The highest BCUT2D eigenvalue weighted by molar-refractivity contribution is 6.02. The van der Waals surface area contributed by atoms with Crippen LogP contribution in [0.4, 0.5) is 10.2 Å². The molecule has 1 aliphatic rings. The Morgan fingerprint density at radius 2 is 2.03 bits per heavy atom. The van der Waals surface area contributed by atoms with Crippen molar-refractivity contribution in [1.82, 2.24) is 15.3 Å². The van der Waals surface area contributed by atoms with Gasteiger partial charge < -0.3 is 24.4 Å². The molecule has 0 spiro atoms. The number of nitrogens with one attached hydrogen (secondary N) is 2. The quantitative estimate of drug-likeness (QED) is 0.388. The summed E-state index contributed by atoms with van der Waals surface area (Å²) in [5.74, 6) is 0.507. The Morgan fingerprint density at radius 1 is 1.12 bits per heavy atom. The van der Waals surface area contributed by atoms with E-state index in [-0.39, 0.29) is 17.5 Å². The van der Waals surface area contributed by atoms with E-state index >= 15 is 0 Å². The van der Waals surface area contributed by atoms with Crippen LogP contribution in [0.25, 0.3) is 32.6 Å². The summed E-state index contributed by atoms with van der Waals surface area (Å²) in [5, 5.41) is 6.62. The fourth-order valence-electron chi connectivity index (χ4n) is 4.68. The average Bonchev–Trinajstić information content (AvgIpc) is 3.29. The number of rotatable bonds is 5. The Morgan fingerprint density at radius 3 is 2.97 bits per heavy atom. The molecule has 1 unspecified atom stereocenters. The second-order valence-corrected chi connectivity index (χ2v) is 8.54. The van der Waals surface area contributed by atoms with Crippen molar-refractivity contribution in [2.24, 2.45) is 0 Å². The van der Waals surface area contributed by atoms with Gasteiger partial charge in [0, 0.05) is 48.8 Å². The van der Waals surface area contributed by atoms with E-state index < -0.39 is 0 Å². The van der Waals surface area contributed by atoms with Crippen molar-refractivity contribution in [1.29, 1.82) is 0 Å². The zero-order valence-corrected chi connectivity index (χ0v) is 18.4. The topological polar surface area (TPSA) is 83.4 Å². The van der Waals surface area contributed by atoms with E-state index in [1.54, 1.807) is 18.3 Å². The van der Waals surface area contributed by atoms with E-state index in [1.807, 2.05) is 30.3 Å². The normalized spacial score (nSPS) is 16.6. The van der Waals surface area contributed by atoms with Crippen LogP contribution in [0.3, 0.4) is 0 Å². The monoisotopic (exact) mass is 458 g/mol. The summed E-state index contributed by atoms with van der Waals surface area (Å²) in [4.78, 5) is 22.4. The first-order chi connectivity index (χ1) is 16.7. The summed E-state index contributed by atoms with van der Waals surface area (Å²) in [7, 11) is 0. The van der Waals surface area contributed by atoms with Gasteiger partial charge in [-0.3, -0.25) is 0 Å². The molecular formula is C26H23FN4O3. The van der Waals surface area contributed by atoms with Gasteiger partial charge in [-0.15, -0.1) is 0 Å². The molecule has 0 bridgehead atoms. The summed E-state index contributed by atoms with van der Waals surface area (Å²) in [6.45, 7) is 3.10. The second kappa shape index (κ2) is 8.55. The lowest BCUT2D eigenvalue weighted by atomic mass is 10.1. The van der Waals surface area contributed by atoms with Crippen LogP contribution in [0.1, 0.15) is 5.69 Å². The zero-order valence-electron chi connectivity index (χ0n) is 18.4. The number of aromatic nitrogens is 2. The van der Waals surface area contributed by atoms with Gasteiger partial charge >= 0.3 is 5.63 Å². The highest BCUT2D eigenvalue weighted by atomic mass is 19.1. The van der Waals surface area contributed by atoms with Crippen LogP contribution in [0.2, 0.25) is 0 Å². The smallest absolute Gasteiger partial charge is 0.345 e. The summed E-state index contributed by atoms with van der Waals surface area (Å²) in [5.41, 5.74) is 1.91. The fraction of sp³-hybridized carbons (Fsp3) is 0.231. The molecule has 6 rings (SSSR count). The molecule has 5 aromatic rings. The van der Waals surface area contributed by atoms with Gasteiger partial charge in [0.25, 0.3) is 0 Å². The summed E-state index contributed by atoms with van der Waals surface area (Å²) >= 11 is 0. The lowest BCUT2D eigenvalue weighted by Crippen LogP contribution is -2.47. The van der Waals surface area contributed by atoms with E-state index in [4.69, 9.17) is 9.15 Å². The molecule has 1 atom stereocenters. The summed E-state index contributed by atoms with van der Waals surface area (Å²) in [6, 6.07) is 16.0. The lowest BCUT2D eigenvalue weighted by Gasteiger charge is -2.34. The predicted octanol–water partition coefficient (Wildman–Crippen LogP) is 3.96. The maximum atomic E-state index is 13.9. The number of hydrogen-bond donors (Lipinski definition) is 2. The maximum absolute atomic E-state index is 13.9. The number of anilines is 1. The molecule has 0 amide bonds. The molecule has 8 heteroatoms. The molecule has 7 nitrogen and oxygen atoms in total. The van der Waals surface area contributed by atoms with Gasteiger partial charge in [-0.05, 0) is 41.8 Å². The molecule has 3 aromatic heterocycles. The van der Waals surface area contributed by atoms with Crippen LogP contribution in [0.15, 0.2) is 70.0 Å². The van der Waals surface area contributed by atoms with E-state index in [9.17, 15) is 9.18 Å². The van der Waals surface area contributed by atoms with Crippen molar-refractivity contribution in [3.05, 3.63) is 82.7 Å². The third-order valence-corrected chi connectivity index (χ3v) is 6.29. The van der Waals surface area contributed by atoms with E-state index in [0.717, 1.165) is 33.2 Å². The average molecular weight is 458 g/mol. The minimum atomic E-state index is -0.346. The number of fused-ring (bicyclic) bond motifs is 4. The number of halogens is 1. The standard InChI is InChI=1S/C26H23FN4O3/c27-17-6-5-16-7-8-29-25(21(16)11-17)31-9-10-33-19(15-31)14-28-13-18-12-22-24(30-18)20-3-1-2-4-23(20)34-26(22)32/h1-8,11-12,19,28,30H,9-10,13-15H2. The molecule has 1 fully saturated rings. The molecular weight excluding hydrogens is 435 g/mol. The predicted molar refractivity (Wildman–Crippen MR) is 130 cm³/mol. The first-order valence-corrected chi connectivity index (χ1v) is 11.3. The Hall–Kier alpha value is -3.75. The first kappa shape index (κ1) is 20.8. The van der Waals surface area contributed by atoms with E-state index in [1.165, 1.54) is 12.1 Å². The Labute approximate surface area is 194 Å². The van der Waals surface area contributed by atoms with Crippen LogP contribution in [0.5, 0.6) is 0 Å². The van der Waals surface area contributed by atoms with Crippen molar-refractivity contribution in [2.45, 2.75) is 12.6 Å². The lowest BCUT2D eigenvalue weighted by molar-refractivity contribution is 0.0405. The van der Waals surface area contributed by atoms with Crippen molar-refractivity contribution in [3.8, 4) is 0 Å². The van der Waals surface area contributed by atoms with Crippen molar-refractivity contribution >= 4 is 38.5 Å². The molecule has 2 aromatic carbocycles. The number of pyridine rings is 1. The second-order valence-electron chi connectivity index (χ2n) is 8.54. The van der Waals surface area contributed by atoms with Gasteiger partial charge in [0.15, 0.2) is 0 Å². The van der Waals surface area contributed by atoms with Gasteiger partial charge in [0.1, 0.15) is 17.2 Å². The summed E-state index contributed by atoms with van der Waals surface area (Å²) < 4.78 is 25.3. The molecule has 0 saturated carbocycles. The van der Waals surface area contributed by atoms with Gasteiger partial charge in [-0.25, -0.2) is 14.2 Å². The van der Waals surface area contributed by atoms with Crippen molar-refractivity contribution in [2.75, 3.05) is 31.1 Å². The van der Waals surface area contributed by atoms with Gasteiger partial charge in [0.05, 0.1) is 23.6 Å². The molecule has 0 radical (unpaired) electrons. The molecule has 1 saturated heterocycles. The molecule has 172 valence electrons. The Kier molecular flexibility index (Phi) is 5.24. The number of benzene rings is 2.